The molecule has 10 N–H and O–H groups in total. The Bertz CT molecular complexity index is 3840. The number of aliphatic hydroxyl groups is 1. The van der Waals surface area contributed by atoms with Crippen LogP contribution in [0.3, 0.4) is 0 Å². The summed E-state index contributed by atoms with van der Waals surface area (Å²) in [6.45, 7) is 12.3. The molecule has 4 aromatic rings. The molecule has 4 aliphatic rings. The van der Waals surface area contributed by atoms with Gasteiger partial charge in [0.1, 0.15) is 43.7 Å². The topological polar surface area (TPSA) is 432 Å². The number of hydrogen-bond acceptors (Lipinski definition) is 23. The lowest BCUT2D eigenvalue weighted by Gasteiger charge is -2.31. The molecule has 0 spiro atoms. The largest absolute Gasteiger partial charge is 0.458 e. The van der Waals surface area contributed by atoms with Crippen molar-refractivity contribution in [2.24, 2.45) is 17.6 Å². The molecular weight excluding hydrogens is 1390 g/mol. The molecule has 1 unspecified atom stereocenters. The van der Waals surface area contributed by atoms with Gasteiger partial charge in [0.15, 0.2) is 5.60 Å². The zero-order chi connectivity index (χ0) is 76.5. The van der Waals surface area contributed by atoms with Gasteiger partial charge >= 0.3 is 18.1 Å². The second kappa shape index (κ2) is 40.6. The maximum atomic E-state index is 15.6. The first kappa shape index (κ1) is 82.5. The molecule has 580 valence electrons. The molecule has 5 heterocycles. The Hall–Kier alpha value is -9.13. The second-order valence-electron chi connectivity index (χ2n) is 26.2. The monoisotopic (exact) mass is 1490 g/mol. The maximum Gasteiger partial charge on any atom is 0.407 e. The van der Waals surface area contributed by atoms with Crippen LogP contribution in [0.4, 0.5) is 19.7 Å². The van der Waals surface area contributed by atoms with Crippen LogP contribution in [-0.2, 0) is 118 Å². The van der Waals surface area contributed by atoms with E-state index in [-0.39, 0.29) is 108 Å². The molecule has 6 atom stereocenters. The Balaban J connectivity index is 0.810. The van der Waals surface area contributed by atoms with Gasteiger partial charge in [0.25, 0.3) is 5.56 Å². The number of hydrogen-bond donors (Lipinski definition) is 9. The number of nitrogens with two attached hydrogens (primary N) is 1. The summed E-state index contributed by atoms with van der Waals surface area (Å²) < 4.78 is 71.2. The first-order chi connectivity index (χ1) is 50.9. The van der Waals surface area contributed by atoms with Crippen molar-refractivity contribution < 1.29 is 105 Å². The van der Waals surface area contributed by atoms with E-state index in [4.69, 9.17) is 58.1 Å². The number of pyridine rings is 2. The van der Waals surface area contributed by atoms with Gasteiger partial charge in [-0.05, 0) is 91.8 Å². The fraction of sp³-hybridized carbons (Fsp3) is 0.583. The van der Waals surface area contributed by atoms with E-state index in [1.807, 2.05) is 0 Å². The molecule has 1 saturated heterocycles. The Kier molecular flexibility index (Phi) is 31.6. The van der Waals surface area contributed by atoms with Gasteiger partial charge in [0.2, 0.25) is 41.4 Å². The zero-order valence-electron chi connectivity index (χ0n) is 60.8. The minimum absolute atomic E-state index is 0.0275. The summed E-state index contributed by atoms with van der Waals surface area (Å²) >= 11 is 0. The van der Waals surface area contributed by atoms with Crippen LogP contribution in [-0.4, -0.2) is 223 Å². The number of fused-ring (bicyclic) bond motifs is 5. The summed E-state index contributed by atoms with van der Waals surface area (Å²) in [5.74, 6) is -7.44. The molecule has 106 heavy (non-hydrogen) atoms. The average Bonchev–Trinajstić information content (AvgIpc) is 1.50. The second-order valence-corrected chi connectivity index (χ2v) is 26.2. The SMILES string of the molecule is CC[C@@]1(O)C(=O)OCc2c1cc1n(c2=O)Cc2c-1nc1cc(F)c(C)c3c1c2[C@@H](NC(=O)OCc1ccc(NC(=O)[C@H](CCCNC(N)=O)NC(=O)[C@@H](NC(=O)[C@H](CCNC(=O)CCOCCOCCOCCOCCOCCOCCOCCOC)NC(=O)CN2C(=O)CC(C)C2=O)C(C)C)cc1)CC3. The predicted molar refractivity (Wildman–Crippen MR) is 376 cm³/mol. The number of carbonyl (C=O) groups excluding carboxylic acids is 10. The number of rotatable bonds is 45. The number of cyclic esters (lactones) is 1. The quantitative estimate of drug-likeness (QED) is 0.0153. The van der Waals surface area contributed by atoms with Gasteiger partial charge in [-0.3, -0.25) is 43.3 Å². The third kappa shape index (κ3) is 22.5. The first-order valence-corrected chi connectivity index (χ1v) is 35.7. The van der Waals surface area contributed by atoms with Crippen LogP contribution < -0.4 is 48.5 Å². The van der Waals surface area contributed by atoms with E-state index in [1.54, 1.807) is 59.9 Å². The number of nitrogens with zero attached hydrogens (tertiary/aromatic N) is 3. The van der Waals surface area contributed by atoms with Gasteiger partial charge < -0.3 is 100.0 Å². The number of primary amides is 1. The maximum absolute atomic E-state index is 15.6. The van der Waals surface area contributed by atoms with Crippen molar-refractivity contribution >= 4 is 76.0 Å². The lowest BCUT2D eigenvalue weighted by atomic mass is 9.81. The summed E-state index contributed by atoms with van der Waals surface area (Å²) in [4.78, 5) is 152. The van der Waals surface area contributed by atoms with E-state index in [0.717, 1.165) is 4.90 Å². The fourth-order valence-corrected chi connectivity index (χ4v) is 12.6. The smallest absolute Gasteiger partial charge is 0.407 e. The highest BCUT2D eigenvalue weighted by molar-refractivity contribution is 6.06. The molecule has 2 aromatic heterocycles. The lowest BCUT2D eigenvalue weighted by molar-refractivity contribution is -0.172. The number of alkyl carbamates (subject to hydrolysis) is 1. The molecule has 1 aliphatic carbocycles. The number of likely N-dealkylation sites (tertiary alicyclic amines) is 1. The Morgan fingerprint density at radius 1 is 0.745 bits per heavy atom. The summed E-state index contributed by atoms with van der Waals surface area (Å²) in [6.07, 6.45) is -0.418. The molecule has 2 aromatic carbocycles. The van der Waals surface area contributed by atoms with Gasteiger partial charge in [0, 0.05) is 67.2 Å². The van der Waals surface area contributed by atoms with Gasteiger partial charge in [-0.1, -0.05) is 39.8 Å². The molecule has 3 aliphatic heterocycles. The fourth-order valence-electron chi connectivity index (χ4n) is 12.6. The minimum atomic E-state index is -2.08. The number of ether oxygens (including phenoxy) is 10. The summed E-state index contributed by atoms with van der Waals surface area (Å²) in [5.41, 5.74) is 7.04. The third-order valence-corrected chi connectivity index (χ3v) is 18.4. The van der Waals surface area contributed by atoms with Gasteiger partial charge in [-0.25, -0.2) is 23.8 Å². The van der Waals surface area contributed by atoms with Crippen molar-refractivity contribution in [3.63, 3.8) is 0 Å². The van der Waals surface area contributed by atoms with Crippen molar-refractivity contribution in [2.75, 3.05) is 131 Å². The summed E-state index contributed by atoms with van der Waals surface area (Å²) in [5, 5.41) is 30.9. The van der Waals surface area contributed by atoms with Crippen LogP contribution in [0.15, 0.2) is 41.2 Å². The Morgan fingerprint density at radius 3 is 1.94 bits per heavy atom. The van der Waals surface area contributed by atoms with Crippen LogP contribution in [0.2, 0.25) is 0 Å². The van der Waals surface area contributed by atoms with E-state index in [9.17, 15) is 57.8 Å². The van der Waals surface area contributed by atoms with Crippen LogP contribution in [0.1, 0.15) is 118 Å². The highest BCUT2D eigenvalue weighted by Crippen LogP contribution is 2.46. The molecule has 8 rings (SSSR count). The standard InChI is InChI=1S/C72H98FN11O22/c1-7-72(96)50-36-56-63-48(38-83(56)68(92)49(50)41-105-69(72)93)61-52(15-14-47-44(5)51(73)37-55(79-63)60(47)61)81-71(95)106-40-45-10-12-46(13-11-45)77-64(88)53(9-8-18-76-70(74)94)80-66(90)62(42(2)3)82-65(89)54(78-58(86)39-84-59(87)35-43(4)67(84)91)16-19-75-57(85)17-20-98-23-24-100-27-28-102-31-32-104-34-33-103-30-29-101-26-25-99-22-21-97-6/h10-13,36-37,42-43,52-54,62,96H,7-9,14-35,38-41H2,1-6H3,(H,75,85)(H,77,88)(H,78,86)(H,80,90)(H,81,95)(H,82,89)(H3,74,76,94)/t43?,52-,53-,54-,62-,72-/m0/s1. The lowest BCUT2D eigenvalue weighted by Crippen LogP contribution is -2.58. The molecule has 0 radical (unpaired) electrons. The number of carbonyl (C=O) groups is 10. The number of benzene rings is 2. The van der Waals surface area contributed by atoms with Gasteiger partial charge in [0.05, 0.1) is 134 Å². The first-order valence-electron chi connectivity index (χ1n) is 35.7. The number of esters is 1. The third-order valence-electron chi connectivity index (χ3n) is 18.4. The predicted octanol–water partition coefficient (Wildman–Crippen LogP) is 1.99. The van der Waals surface area contributed by atoms with E-state index in [2.05, 4.69) is 37.2 Å². The van der Waals surface area contributed by atoms with E-state index < -0.39 is 119 Å². The number of nitrogens with one attached hydrogen (secondary N) is 7. The molecular formula is C72H98FN11O22. The zero-order valence-corrected chi connectivity index (χ0v) is 60.8. The normalized spacial score (nSPS) is 17.2. The van der Waals surface area contributed by atoms with Crippen LogP contribution >= 0.6 is 0 Å². The van der Waals surface area contributed by atoms with Crippen molar-refractivity contribution in [3.05, 3.63) is 91.5 Å². The number of aryl methyl sites for hydroxylation is 1. The van der Waals surface area contributed by atoms with Gasteiger partial charge in [-0.2, -0.15) is 0 Å². The highest BCUT2D eigenvalue weighted by atomic mass is 19.1. The summed E-state index contributed by atoms with van der Waals surface area (Å²) in [7, 11) is 1.61. The minimum Gasteiger partial charge on any atom is -0.458 e. The van der Waals surface area contributed by atoms with Crippen molar-refractivity contribution in [1.82, 2.24) is 46.4 Å². The number of imide groups is 1. The molecule has 0 bridgehead atoms. The molecule has 0 saturated carbocycles. The van der Waals surface area contributed by atoms with E-state index >= 15 is 4.39 Å². The van der Waals surface area contributed by atoms with Crippen molar-refractivity contribution in [1.29, 1.82) is 0 Å². The van der Waals surface area contributed by atoms with Crippen LogP contribution in [0.25, 0.3) is 22.3 Å². The van der Waals surface area contributed by atoms with Crippen molar-refractivity contribution in [3.8, 4) is 11.4 Å². The number of methoxy groups -OCH3 is 1. The number of halogens is 1. The number of anilines is 1. The van der Waals surface area contributed by atoms with Crippen LogP contribution in [0.5, 0.6) is 0 Å². The number of urea groups is 1. The van der Waals surface area contributed by atoms with E-state index in [1.165, 1.54) is 22.8 Å². The molecule has 34 heteroatoms. The average molecular weight is 1490 g/mol. The van der Waals surface area contributed by atoms with E-state index in [0.29, 0.717) is 142 Å². The Morgan fingerprint density at radius 2 is 1.36 bits per heavy atom. The number of aromatic nitrogens is 2. The summed E-state index contributed by atoms with van der Waals surface area (Å²) in [6, 6.07) is 3.60. The molecule has 10 amide bonds. The van der Waals surface area contributed by atoms with Crippen LogP contribution in [0, 0.1) is 24.6 Å². The molecule has 33 nitrogen and oxygen atoms in total. The van der Waals surface area contributed by atoms with Gasteiger partial charge in [-0.15, -0.1) is 0 Å². The highest BCUT2D eigenvalue weighted by Gasteiger charge is 2.46. The number of amides is 10. The Labute approximate surface area is 612 Å². The molecule has 1 fully saturated rings. The van der Waals surface area contributed by atoms with Crippen molar-refractivity contribution in [2.45, 2.75) is 136 Å².